The standard InChI is InChI=1S/C25H31N3O2/c1-3-4-15-27(20(2)29)19-25(30)28(18-21-10-6-5-7-11-21)16-14-22-17-26-24-13-9-8-12-23(22)24/h5-13,17,26H,3-4,14-16,18-19H2,1-2H3. The summed E-state index contributed by atoms with van der Waals surface area (Å²) in [5.74, 6) is -0.0573. The highest BCUT2D eigenvalue weighted by Crippen LogP contribution is 2.19. The van der Waals surface area contributed by atoms with Crippen LogP contribution in [-0.2, 0) is 22.6 Å². The van der Waals surface area contributed by atoms with Crippen molar-refractivity contribution in [1.82, 2.24) is 14.8 Å². The van der Waals surface area contributed by atoms with Gasteiger partial charge in [0.15, 0.2) is 0 Å². The molecule has 0 saturated heterocycles. The van der Waals surface area contributed by atoms with Crippen LogP contribution in [0.25, 0.3) is 10.9 Å². The number of benzene rings is 2. The molecule has 30 heavy (non-hydrogen) atoms. The number of para-hydroxylation sites is 1. The van der Waals surface area contributed by atoms with E-state index in [2.05, 4.69) is 24.0 Å². The van der Waals surface area contributed by atoms with Crippen LogP contribution in [-0.4, -0.2) is 46.2 Å². The van der Waals surface area contributed by atoms with Gasteiger partial charge in [0, 0.05) is 43.7 Å². The summed E-state index contributed by atoms with van der Waals surface area (Å²) < 4.78 is 0. The van der Waals surface area contributed by atoms with E-state index in [4.69, 9.17) is 0 Å². The number of carbonyl (C=O) groups excluding carboxylic acids is 2. The summed E-state index contributed by atoms with van der Waals surface area (Å²) in [5.41, 5.74) is 3.40. The van der Waals surface area contributed by atoms with E-state index >= 15 is 0 Å². The number of aromatic nitrogens is 1. The van der Waals surface area contributed by atoms with Gasteiger partial charge in [0.05, 0.1) is 6.54 Å². The Morgan fingerprint density at radius 2 is 1.67 bits per heavy atom. The van der Waals surface area contributed by atoms with Crippen LogP contribution >= 0.6 is 0 Å². The minimum absolute atomic E-state index is 0.00926. The van der Waals surface area contributed by atoms with Crippen molar-refractivity contribution in [1.29, 1.82) is 0 Å². The summed E-state index contributed by atoms with van der Waals surface area (Å²) in [6.45, 7) is 5.53. The average Bonchev–Trinajstić information content (AvgIpc) is 3.17. The second kappa shape index (κ2) is 10.6. The zero-order chi connectivity index (χ0) is 21.3. The van der Waals surface area contributed by atoms with Crippen molar-refractivity contribution in [3.63, 3.8) is 0 Å². The van der Waals surface area contributed by atoms with Crippen molar-refractivity contribution in [2.24, 2.45) is 0 Å². The first-order valence-corrected chi connectivity index (χ1v) is 10.7. The van der Waals surface area contributed by atoms with Gasteiger partial charge in [-0.1, -0.05) is 61.9 Å². The lowest BCUT2D eigenvalue weighted by Gasteiger charge is -2.27. The lowest BCUT2D eigenvalue weighted by molar-refractivity contribution is -0.139. The largest absolute Gasteiger partial charge is 0.361 e. The Labute approximate surface area is 178 Å². The summed E-state index contributed by atoms with van der Waals surface area (Å²) in [6, 6.07) is 18.2. The third kappa shape index (κ3) is 5.72. The number of nitrogens with one attached hydrogen (secondary N) is 1. The number of H-pyrrole nitrogens is 1. The molecule has 0 radical (unpaired) electrons. The number of nitrogens with zero attached hydrogens (tertiary/aromatic N) is 2. The molecule has 0 saturated carbocycles. The second-order valence-corrected chi connectivity index (χ2v) is 7.70. The van der Waals surface area contributed by atoms with E-state index in [1.165, 1.54) is 17.9 Å². The molecule has 2 aromatic carbocycles. The van der Waals surface area contributed by atoms with Gasteiger partial charge in [0.1, 0.15) is 0 Å². The molecule has 1 aromatic heterocycles. The fourth-order valence-electron chi connectivity index (χ4n) is 3.65. The van der Waals surface area contributed by atoms with E-state index in [-0.39, 0.29) is 18.4 Å². The molecule has 0 aliphatic heterocycles. The molecule has 2 amide bonds. The maximum absolute atomic E-state index is 13.2. The Bertz CT molecular complexity index is 965. The predicted octanol–water partition coefficient (Wildman–Crippen LogP) is 4.39. The van der Waals surface area contributed by atoms with Gasteiger partial charge in [-0.15, -0.1) is 0 Å². The van der Waals surface area contributed by atoms with Crippen molar-refractivity contribution in [2.75, 3.05) is 19.6 Å². The van der Waals surface area contributed by atoms with Crippen molar-refractivity contribution in [2.45, 2.75) is 39.7 Å². The Morgan fingerprint density at radius 1 is 0.933 bits per heavy atom. The zero-order valence-electron chi connectivity index (χ0n) is 17.9. The SMILES string of the molecule is CCCCN(CC(=O)N(CCc1c[nH]c2ccccc12)Cc1ccccc1)C(C)=O. The van der Waals surface area contributed by atoms with E-state index in [0.717, 1.165) is 30.3 Å². The maximum Gasteiger partial charge on any atom is 0.242 e. The van der Waals surface area contributed by atoms with Gasteiger partial charge >= 0.3 is 0 Å². The molecule has 0 atom stereocenters. The Hall–Kier alpha value is -3.08. The maximum atomic E-state index is 13.2. The third-order valence-electron chi connectivity index (χ3n) is 5.45. The molecule has 0 spiro atoms. The van der Waals surface area contributed by atoms with Crippen LogP contribution in [0.1, 0.15) is 37.8 Å². The van der Waals surface area contributed by atoms with E-state index in [1.54, 1.807) is 4.90 Å². The first-order chi connectivity index (χ1) is 14.6. The molecule has 1 N–H and O–H groups in total. The van der Waals surface area contributed by atoms with Crippen molar-refractivity contribution in [3.8, 4) is 0 Å². The van der Waals surface area contributed by atoms with Crippen LogP contribution in [0.5, 0.6) is 0 Å². The summed E-state index contributed by atoms with van der Waals surface area (Å²) in [6.07, 6.45) is 4.68. The molecule has 0 bridgehead atoms. The molecule has 3 rings (SSSR count). The molecular formula is C25H31N3O2. The number of fused-ring (bicyclic) bond motifs is 1. The summed E-state index contributed by atoms with van der Waals surface area (Å²) in [5, 5.41) is 1.19. The molecule has 1 heterocycles. The highest BCUT2D eigenvalue weighted by molar-refractivity contribution is 5.84. The van der Waals surface area contributed by atoms with Gasteiger partial charge in [-0.2, -0.15) is 0 Å². The quantitative estimate of drug-likeness (QED) is 0.544. The normalized spacial score (nSPS) is 10.9. The smallest absolute Gasteiger partial charge is 0.242 e. The number of aromatic amines is 1. The lowest BCUT2D eigenvalue weighted by Crippen LogP contribution is -2.43. The summed E-state index contributed by atoms with van der Waals surface area (Å²) >= 11 is 0. The highest BCUT2D eigenvalue weighted by atomic mass is 16.2. The van der Waals surface area contributed by atoms with Gasteiger partial charge in [-0.05, 0) is 30.0 Å². The monoisotopic (exact) mass is 405 g/mol. The van der Waals surface area contributed by atoms with Gasteiger partial charge in [-0.25, -0.2) is 0 Å². The van der Waals surface area contributed by atoms with Crippen LogP contribution in [0, 0.1) is 0 Å². The number of unbranched alkanes of at least 4 members (excludes halogenated alkanes) is 1. The molecule has 5 heteroatoms. The minimum atomic E-state index is -0.0481. The molecule has 0 aliphatic rings. The van der Waals surface area contributed by atoms with Crippen LogP contribution < -0.4 is 0 Å². The molecule has 5 nitrogen and oxygen atoms in total. The predicted molar refractivity (Wildman–Crippen MR) is 121 cm³/mol. The molecule has 3 aromatic rings. The number of hydrogen-bond acceptors (Lipinski definition) is 2. The van der Waals surface area contributed by atoms with E-state index in [0.29, 0.717) is 19.6 Å². The Balaban J connectivity index is 1.73. The molecule has 0 aliphatic carbocycles. The van der Waals surface area contributed by atoms with Crippen molar-refractivity contribution >= 4 is 22.7 Å². The van der Waals surface area contributed by atoms with E-state index in [1.807, 2.05) is 53.6 Å². The van der Waals surface area contributed by atoms with Gasteiger partial charge in [-0.3, -0.25) is 9.59 Å². The van der Waals surface area contributed by atoms with Crippen LogP contribution in [0.2, 0.25) is 0 Å². The lowest BCUT2D eigenvalue weighted by atomic mass is 10.1. The number of carbonyl (C=O) groups is 2. The average molecular weight is 406 g/mol. The van der Waals surface area contributed by atoms with Crippen LogP contribution in [0.15, 0.2) is 60.8 Å². The van der Waals surface area contributed by atoms with Crippen LogP contribution in [0.4, 0.5) is 0 Å². The number of amides is 2. The van der Waals surface area contributed by atoms with E-state index in [9.17, 15) is 9.59 Å². The molecule has 158 valence electrons. The fourth-order valence-corrected chi connectivity index (χ4v) is 3.65. The summed E-state index contributed by atoms with van der Waals surface area (Å²) in [7, 11) is 0. The molecular weight excluding hydrogens is 374 g/mol. The second-order valence-electron chi connectivity index (χ2n) is 7.70. The minimum Gasteiger partial charge on any atom is -0.361 e. The highest BCUT2D eigenvalue weighted by Gasteiger charge is 2.19. The Morgan fingerprint density at radius 3 is 2.40 bits per heavy atom. The molecule has 0 fully saturated rings. The third-order valence-corrected chi connectivity index (χ3v) is 5.45. The van der Waals surface area contributed by atoms with E-state index < -0.39 is 0 Å². The van der Waals surface area contributed by atoms with Gasteiger partial charge in [0.2, 0.25) is 11.8 Å². The fraction of sp³-hybridized carbons (Fsp3) is 0.360. The molecule has 0 unspecified atom stereocenters. The topological polar surface area (TPSA) is 56.4 Å². The number of rotatable bonds is 10. The first-order valence-electron chi connectivity index (χ1n) is 10.7. The van der Waals surface area contributed by atoms with Crippen molar-refractivity contribution in [3.05, 3.63) is 71.9 Å². The summed E-state index contributed by atoms with van der Waals surface area (Å²) in [4.78, 5) is 32.0. The Kier molecular flexibility index (Phi) is 7.66. The van der Waals surface area contributed by atoms with Crippen LogP contribution in [0.3, 0.4) is 0 Å². The number of hydrogen-bond donors (Lipinski definition) is 1. The van der Waals surface area contributed by atoms with Gasteiger partial charge in [0.25, 0.3) is 0 Å². The zero-order valence-corrected chi connectivity index (χ0v) is 17.9. The van der Waals surface area contributed by atoms with Crippen molar-refractivity contribution < 1.29 is 9.59 Å². The first kappa shape index (κ1) is 21.6. The van der Waals surface area contributed by atoms with Gasteiger partial charge < -0.3 is 14.8 Å².